The van der Waals surface area contributed by atoms with Gasteiger partial charge in [-0.3, -0.25) is 4.79 Å². The molecule has 1 aliphatic rings. The number of anilines is 1. The molecule has 0 unspecified atom stereocenters. The molecule has 3 heteroatoms. The molecule has 0 bridgehead atoms. The number of carbonyl (C=O) groups is 1. The molecule has 15 heavy (non-hydrogen) atoms. The van der Waals surface area contributed by atoms with E-state index >= 15 is 0 Å². The fraction of sp³-hybridized carbons (Fsp3) is 0.250. The maximum atomic E-state index is 11.3. The Morgan fingerprint density at radius 2 is 2.33 bits per heavy atom. The Kier molecular flexibility index (Phi) is 2.59. The van der Waals surface area contributed by atoms with Crippen molar-refractivity contribution in [2.75, 3.05) is 11.9 Å². The molecule has 2 rings (SSSR count). The summed E-state index contributed by atoms with van der Waals surface area (Å²) in [5, 5.41) is 2.79. The largest absolute Gasteiger partial charge is 0.490 e. The Bertz CT molecular complexity index is 454. The minimum absolute atomic E-state index is 0.0182. The molecule has 0 aromatic heterocycles. The lowest BCUT2D eigenvalue weighted by Gasteiger charge is -2.08. The maximum Gasteiger partial charge on any atom is 0.227 e. The van der Waals surface area contributed by atoms with Gasteiger partial charge < -0.3 is 10.1 Å². The van der Waals surface area contributed by atoms with Crippen LogP contribution < -0.4 is 10.1 Å². The molecular weight excluding hydrogens is 190 g/mol. The highest BCUT2D eigenvalue weighted by atomic mass is 16.5. The molecule has 1 N–H and O–H groups in total. The summed E-state index contributed by atoms with van der Waals surface area (Å²) < 4.78 is 5.52. The molecule has 0 saturated heterocycles. The van der Waals surface area contributed by atoms with E-state index in [9.17, 15) is 4.79 Å². The van der Waals surface area contributed by atoms with E-state index in [2.05, 4.69) is 17.2 Å². The van der Waals surface area contributed by atoms with E-state index in [1.54, 1.807) is 6.92 Å². The van der Waals surface area contributed by atoms with Crippen molar-refractivity contribution >= 4 is 11.6 Å². The zero-order valence-electron chi connectivity index (χ0n) is 8.46. The fourth-order valence-corrected chi connectivity index (χ4v) is 1.48. The van der Waals surface area contributed by atoms with Crippen LogP contribution in [0.2, 0.25) is 0 Å². The van der Waals surface area contributed by atoms with E-state index in [4.69, 9.17) is 4.74 Å². The van der Waals surface area contributed by atoms with Gasteiger partial charge in [-0.25, -0.2) is 0 Å². The molecule has 1 aromatic carbocycles. The van der Waals surface area contributed by atoms with Gasteiger partial charge in [0.1, 0.15) is 0 Å². The number of hydrogen-bond acceptors (Lipinski definition) is 2. The van der Waals surface area contributed by atoms with Gasteiger partial charge in [0.15, 0.2) is 5.75 Å². The lowest BCUT2D eigenvalue weighted by molar-refractivity contribution is -0.116. The van der Waals surface area contributed by atoms with Crippen molar-refractivity contribution < 1.29 is 9.53 Å². The second-order valence-electron chi connectivity index (χ2n) is 3.20. The topological polar surface area (TPSA) is 38.3 Å². The number of benzene rings is 1. The number of para-hydroxylation sites is 1. The van der Waals surface area contributed by atoms with Crippen LogP contribution in [0.4, 0.5) is 5.69 Å². The van der Waals surface area contributed by atoms with Gasteiger partial charge >= 0.3 is 0 Å². The molecule has 1 heterocycles. The van der Waals surface area contributed by atoms with Gasteiger partial charge in [-0.05, 0) is 19.1 Å². The molecule has 0 radical (unpaired) electrons. The number of rotatable bonds is 0. The van der Waals surface area contributed by atoms with E-state index in [-0.39, 0.29) is 5.91 Å². The SMILES string of the molecule is CC#Cc1cccc2c1OCCC(=O)N2. The second-order valence-corrected chi connectivity index (χ2v) is 3.20. The molecule has 1 aromatic rings. The third-order valence-corrected chi connectivity index (χ3v) is 2.12. The van der Waals surface area contributed by atoms with Crippen LogP contribution in [-0.4, -0.2) is 12.5 Å². The number of hydrogen-bond donors (Lipinski definition) is 1. The monoisotopic (exact) mass is 201 g/mol. The third-order valence-electron chi connectivity index (χ3n) is 2.12. The van der Waals surface area contributed by atoms with Gasteiger partial charge in [-0.15, -0.1) is 5.92 Å². The van der Waals surface area contributed by atoms with Crippen LogP contribution in [0, 0.1) is 11.8 Å². The highest BCUT2D eigenvalue weighted by molar-refractivity contribution is 5.93. The molecule has 1 amide bonds. The minimum Gasteiger partial charge on any atom is -0.490 e. The summed E-state index contributed by atoms with van der Waals surface area (Å²) in [5.41, 5.74) is 1.52. The van der Waals surface area contributed by atoms with Crippen LogP contribution in [-0.2, 0) is 4.79 Å². The summed E-state index contributed by atoms with van der Waals surface area (Å²) >= 11 is 0. The number of nitrogens with one attached hydrogen (secondary N) is 1. The van der Waals surface area contributed by atoms with Crippen LogP contribution in [0.15, 0.2) is 18.2 Å². The van der Waals surface area contributed by atoms with Crippen LogP contribution in [0.1, 0.15) is 18.9 Å². The van der Waals surface area contributed by atoms with Gasteiger partial charge in [0.05, 0.1) is 24.3 Å². The predicted octanol–water partition coefficient (Wildman–Crippen LogP) is 1.78. The molecule has 1 aliphatic heterocycles. The Hall–Kier alpha value is -1.95. The van der Waals surface area contributed by atoms with Crippen LogP contribution >= 0.6 is 0 Å². The summed E-state index contributed by atoms with van der Waals surface area (Å²) in [5.74, 6) is 6.44. The maximum absolute atomic E-state index is 11.3. The summed E-state index contributed by atoms with van der Waals surface area (Å²) in [7, 11) is 0. The Morgan fingerprint density at radius 1 is 1.47 bits per heavy atom. The molecule has 0 spiro atoms. The van der Waals surface area contributed by atoms with Crippen molar-refractivity contribution in [3.8, 4) is 17.6 Å². The lowest BCUT2D eigenvalue weighted by Crippen LogP contribution is -2.10. The van der Waals surface area contributed by atoms with Gasteiger partial charge in [-0.2, -0.15) is 0 Å². The number of fused-ring (bicyclic) bond motifs is 1. The van der Waals surface area contributed by atoms with E-state index in [1.165, 1.54) is 0 Å². The van der Waals surface area contributed by atoms with Crippen molar-refractivity contribution in [3.05, 3.63) is 23.8 Å². The van der Waals surface area contributed by atoms with Crippen LogP contribution in [0.25, 0.3) is 0 Å². The smallest absolute Gasteiger partial charge is 0.227 e. The molecule has 0 saturated carbocycles. The van der Waals surface area contributed by atoms with Crippen LogP contribution in [0.5, 0.6) is 5.75 Å². The third kappa shape index (κ3) is 1.94. The van der Waals surface area contributed by atoms with E-state index in [0.29, 0.717) is 24.5 Å². The average Bonchev–Trinajstić information content (AvgIpc) is 2.40. The molecule has 0 fully saturated rings. The minimum atomic E-state index is -0.0182. The highest BCUT2D eigenvalue weighted by Crippen LogP contribution is 2.30. The quantitative estimate of drug-likeness (QED) is 0.650. The van der Waals surface area contributed by atoms with E-state index < -0.39 is 0 Å². The first-order chi connectivity index (χ1) is 7.31. The van der Waals surface area contributed by atoms with Crippen LogP contribution in [0.3, 0.4) is 0 Å². The number of carbonyl (C=O) groups excluding carboxylic acids is 1. The van der Waals surface area contributed by atoms with E-state index in [1.807, 2.05) is 18.2 Å². The summed E-state index contributed by atoms with van der Waals surface area (Å²) in [6, 6.07) is 5.56. The van der Waals surface area contributed by atoms with Crippen molar-refractivity contribution in [1.82, 2.24) is 0 Å². The Balaban J connectivity index is 2.48. The van der Waals surface area contributed by atoms with Crippen molar-refractivity contribution in [2.45, 2.75) is 13.3 Å². The molecule has 0 aliphatic carbocycles. The molecular formula is C12H11NO2. The fourth-order valence-electron chi connectivity index (χ4n) is 1.48. The second kappa shape index (κ2) is 4.05. The van der Waals surface area contributed by atoms with Gasteiger partial charge in [-0.1, -0.05) is 12.0 Å². The first-order valence-electron chi connectivity index (χ1n) is 4.79. The first kappa shape index (κ1) is 9.60. The first-order valence-corrected chi connectivity index (χ1v) is 4.79. The zero-order valence-corrected chi connectivity index (χ0v) is 8.46. The lowest BCUT2D eigenvalue weighted by atomic mass is 10.1. The normalized spacial score (nSPS) is 13.8. The van der Waals surface area contributed by atoms with Crippen molar-refractivity contribution in [2.24, 2.45) is 0 Å². The summed E-state index contributed by atoms with van der Waals surface area (Å²) in [6.07, 6.45) is 0.383. The predicted molar refractivity (Wildman–Crippen MR) is 57.7 cm³/mol. The highest BCUT2D eigenvalue weighted by Gasteiger charge is 2.15. The van der Waals surface area contributed by atoms with Crippen molar-refractivity contribution in [3.63, 3.8) is 0 Å². The van der Waals surface area contributed by atoms with Crippen molar-refractivity contribution in [1.29, 1.82) is 0 Å². The van der Waals surface area contributed by atoms with Gasteiger partial charge in [0, 0.05) is 0 Å². The van der Waals surface area contributed by atoms with Gasteiger partial charge in [0.2, 0.25) is 5.91 Å². The molecule has 3 nitrogen and oxygen atoms in total. The Labute approximate surface area is 88.4 Å². The van der Waals surface area contributed by atoms with Gasteiger partial charge in [0.25, 0.3) is 0 Å². The number of ether oxygens (including phenoxy) is 1. The Morgan fingerprint density at radius 3 is 3.13 bits per heavy atom. The standard InChI is InChI=1S/C12H11NO2/c1-2-4-9-5-3-6-10-12(9)15-8-7-11(14)13-10/h3,5-6H,7-8H2,1H3,(H,13,14). The van der Waals surface area contributed by atoms with E-state index in [0.717, 1.165) is 5.56 Å². The number of amides is 1. The average molecular weight is 201 g/mol. The summed E-state index contributed by atoms with van der Waals surface area (Å²) in [6.45, 7) is 2.18. The summed E-state index contributed by atoms with van der Waals surface area (Å²) in [4.78, 5) is 11.3. The zero-order chi connectivity index (χ0) is 10.7. The molecule has 76 valence electrons. The molecule has 0 atom stereocenters.